The van der Waals surface area contributed by atoms with E-state index in [-0.39, 0.29) is 21.9 Å². The largest absolute Gasteiger partial charge is 0.545 e. The molecule has 0 radical (unpaired) electrons. The molecule has 1 fully saturated rings. The van der Waals surface area contributed by atoms with E-state index in [0.717, 1.165) is 26.2 Å². The highest BCUT2D eigenvalue weighted by Crippen LogP contribution is 2.25. The molecule has 0 bridgehead atoms. The van der Waals surface area contributed by atoms with Crippen molar-refractivity contribution in [2.75, 3.05) is 31.1 Å². The van der Waals surface area contributed by atoms with Gasteiger partial charge in [-0.2, -0.15) is 0 Å². The predicted molar refractivity (Wildman–Crippen MR) is 114 cm³/mol. The van der Waals surface area contributed by atoms with Crippen LogP contribution in [0.5, 0.6) is 0 Å². The molecule has 2 aromatic rings. The van der Waals surface area contributed by atoms with E-state index in [1.807, 2.05) is 11.8 Å². The summed E-state index contributed by atoms with van der Waals surface area (Å²) in [6, 6.07) is 2.83. The number of carbonyl (C=O) groups is 3. The predicted octanol–water partition coefficient (Wildman–Crippen LogP) is -3.03. The summed E-state index contributed by atoms with van der Waals surface area (Å²) in [7, 11) is 0. The van der Waals surface area contributed by atoms with Crippen LogP contribution in [0.2, 0.25) is 0 Å². The number of aliphatic carboxylic acids is 2. The number of aromatic nitrogens is 1. The lowest BCUT2D eigenvalue weighted by atomic mass is 10.1. The van der Waals surface area contributed by atoms with E-state index in [0.29, 0.717) is 29.9 Å². The van der Waals surface area contributed by atoms with Gasteiger partial charge in [-0.05, 0) is 25.1 Å². The van der Waals surface area contributed by atoms with Gasteiger partial charge in [-0.3, -0.25) is 4.79 Å². The first-order valence-corrected chi connectivity index (χ1v) is 9.44. The van der Waals surface area contributed by atoms with Gasteiger partial charge in [-0.1, -0.05) is 0 Å². The molecule has 1 aromatic carbocycles. The molecule has 1 saturated heterocycles. The quantitative estimate of drug-likeness (QED) is 0.380. The zero-order chi connectivity index (χ0) is 23.1. The fourth-order valence-electron chi connectivity index (χ4n) is 3.19. The van der Waals surface area contributed by atoms with Gasteiger partial charge in [0, 0.05) is 24.2 Å². The summed E-state index contributed by atoms with van der Waals surface area (Å²) in [4.78, 5) is 44.4. The van der Waals surface area contributed by atoms with Crippen LogP contribution >= 0.6 is 0 Å². The molecule has 0 unspecified atom stereocenters. The molecule has 0 saturated carbocycles. The Morgan fingerprint density at radius 3 is 2.21 bits per heavy atom. The first kappa shape index (κ1) is 29.2. The van der Waals surface area contributed by atoms with Gasteiger partial charge in [0.2, 0.25) is 5.43 Å². The highest BCUT2D eigenvalue weighted by Gasteiger charge is 2.20. The van der Waals surface area contributed by atoms with Gasteiger partial charge in [0.05, 0.1) is 43.4 Å². The standard InChI is InChI=1S/C16H18FN3O3.C4H4O4.2H2O/c1-2-19-9-11(16(22)23)15(21)10-7-12(17)14(8-13(10)19)20-5-3-18-4-6-20;5-3(6)1-2-4(7)8;;/h7-9,18H,2-6H2,1H3,(H,22,23);1-2H,(H,5,6)(H,7,8);2*1H2/b;2-1+;;. The van der Waals surface area contributed by atoms with E-state index in [1.54, 1.807) is 10.6 Å². The summed E-state index contributed by atoms with van der Waals surface area (Å²) in [5, 5.41) is 28.7. The number of nitrogens with two attached hydrogens (primary N) is 1. The molecular weight excluding hydrogens is 445 g/mol. The molecule has 1 aliphatic heterocycles. The second-order valence-corrected chi connectivity index (χ2v) is 6.63. The Bertz CT molecular complexity index is 1080. The Morgan fingerprint density at radius 2 is 1.76 bits per heavy atom. The van der Waals surface area contributed by atoms with Gasteiger partial charge in [0.15, 0.2) is 0 Å². The van der Waals surface area contributed by atoms with Crippen molar-refractivity contribution in [2.45, 2.75) is 13.5 Å². The molecule has 182 valence electrons. The number of carboxylic acids is 3. The average Bonchev–Trinajstić information content (AvgIpc) is 2.73. The molecule has 0 aliphatic carbocycles. The number of aromatic carboxylic acids is 1. The third-order valence-electron chi connectivity index (χ3n) is 4.63. The first-order valence-electron chi connectivity index (χ1n) is 9.44. The maximum atomic E-state index is 14.5. The van der Waals surface area contributed by atoms with Crippen LogP contribution in [0, 0.1) is 5.82 Å². The fraction of sp³-hybridized carbons (Fsp3) is 0.300. The summed E-state index contributed by atoms with van der Waals surface area (Å²) in [5.74, 6) is -4.58. The number of aryl methyl sites for hydroxylation is 1. The first-order chi connectivity index (χ1) is 14.6. The van der Waals surface area contributed by atoms with Crippen molar-refractivity contribution in [3.8, 4) is 0 Å². The van der Waals surface area contributed by atoms with Crippen molar-refractivity contribution in [1.82, 2.24) is 4.57 Å². The molecule has 1 aromatic heterocycles. The minimum Gasteiger partial charge on any atom is -0.545 e. The smallest absolute Gasteiger partial charge is 0.341 e. The van der Waals surface area contributed by atoms with Gasteiger partial charge < -0.3 is 45.9 Å². The van der Waals surface area contributed by atoms with Gasteiger partial charge in [0.25, 0.3) is 0 Å². The van der Waals surface area contributed by atoms with Crippen LogP contribution < -0.4 is 20.8 Å². The Balaban J connectivity index is 0.000000890. The van der Waals surface area contributed by atoms with Crippen LogP contribution in [-0.2, 0) is 16.1 Å². The van der Waals surface area contributed by atoms with Gasteiger partial charge in [0.1, 0.15) is 11.4 Å². The van der Waals surface area contributed by atoms with Crippen molar-refractivity contribution in [3.05, 3.63) is 52.1 Å². The van der Waals surface area contributed by atoms with E-state index >= 15 is 0 Å². The number of fused-ring (bicyclic) bond motifs is 1. The average molecular weight is 471 g/mol. The van der Waals surface area contributed by atoms with Crippen LogP contribution in [-0.4, -0.2) is 69.8 Å². The SMILES string of the molecule is CCn1cc(C(=O)O)c(=O)c2cc(F)c(N3CC[NH2+]CC3)cc21.O.O.O=C([O-])/C=C/C(=O)O. The minimum atomic E-state index is -1.51. The van der Waals surface area contributed by atoms with Crippen LogP contribution in [0.25, 0.3) is 10.9 Å². The molecule has 3 rings (SSSR count). The molecule has 1 aliphatic rings. The molecule has 13 heteroatoms. The summed E-state index contributed by atoms with van der Waals surface area (Å²) < 4.78 is 16.2. The number of piperazine rings is 1. The zero-order valence-corrected chi connectivity index (χ0v) is 17.7. The number of pyridine rings is 1. The minimum absolute atomic E-state index is 0. The number of anilines is 1. The molecule has 12 nitrogen and oxygen atoms in total. The number of halogens is 1. The molecule has 8 N–H and O–H groups in total. The van der Waals surface area contributed by atoms with Crippen LogP contribution in [0.4, 0.5) is 10.1 Å². The topological polar surface area (TPSA) is 220 Å². The Morgan fingerprint density at radius 1 is 1.15 bits per heavy atom. The lowest BCUT2D eigenvalue weighted by Crippen LogP contribution is -2.89. The van der Waals surface area contributed by atoms with Crippen molar-refractivity contribution in [3.63, 3.8) is 0 Å². The monoisotopic (exact) mass is 471 g/mol. The van der Waals surface area contributed by atoms with Crippen molar-refractivity contribution in [1.29, 1.82) is 0 Å². The number of quaternary nitrogens is 1. The second-order valence-electron chi connectivity index (χ2n) is 6.63. The highest BCUT2D eigenvalue weighted by molar-refractivity contribution is 5.93. The summed E-state index contributed by atoms with van der Waals surface area (Å²) in [6.45, 7) is 5.63. The summed E-state index contributed by atoms with van der Waals surface area (Å²) in [6.07, 6.45) is 2.27. The van der Waals surface area contributed by atoms with Gasteiger partial charge in [-0.15, -0.1) is 0 Å². The lowest BCUT2D eigenvalue weighted by Gasteiger charge is -2.28. The van der Waals surface area contributed by atoms with Gasteiger partial charge in [-0.25, -0.2) is 14.0 Å². The van der Waals surface area contributed by atoms with Gasteiger partial charge >= 0.3 is 11.9 Å². The Labute approximate surface area is 186 Å². The maximum Gasteiger partial charge on any atom is 0.341 e. The van der Waals surface area contributed by atoms with Crippen molar-refractivity contribution >= 4 is 34.5 Å². The summed E-state index contributed by atoms with van der Waals surface area (Å²) in [5.41, 5.74) is 0.0532. The molecule has 0 amide bonds. The maximum absolute atomic E-state index is 14.5. The van der Waals surface area contributed by atoms with Crippen LogP contribution in [0.15, 0.2) is 35.3 Å². The van der Waals surface area contributed by atoms with E-state index in [9.17, 15) is 28.7 Å². The van der Waals surface area contributed by atoms with E-state index < -0.39 is 29.2 Å². The number of hydrogen-bond acceptors (Lipinski definition) is 6. The molecular formula is C20H26FN3O9. The van der Waals surface area contributed by atoms with Crippen LogP contribution in [0.1, 0.15) is 17.3 Å². The fourth-order valence-corrected chi connectivity index (χ4v) is 3.19. The number of benzene rings is 1. The third kappa shape index (κ3) is 7.38. The molecule has 33 heavy (non-hydrogen) atoms. The Kier molecular flexibility index (Phi) is 11.4. The van der Waals surface area contributed by atoms with E-state index in [1.165, 1.54) is 12.3 Å². The van der Waals surface area contributed by atoms with Crippen molar-refractivity contribution in [2.24, 2.45) is 0 Å². The number of rotatable bonds is 5. The second kappa shape index (κ2) is 12.9. The number of nitrogens with zero attached hydrogens (tertiary/aromatic N) is 2. The zero-order valence-electron chi connectivity index (χ0n) is 17.7. The lowest BCUT2D eigenvalue weighted by molar-refractivity contribution is -0.655. The number of carbonyl (C=O) groups excluding carboxylic acids is 1. The van der Waals surface area contributed by atoms with E-state index in [2.05, 4.69) is 5.32 Å². The summed E-state index contributed by atoms with van der Waals surface area (Å²) >= 11 is 0. The molecule has 0 spiro atoms. The normalized spacial score (nSPS) is 12.8. The number of hydrogen-bond donors (Lipinski definition) is 3. The van der Waals surface area contributed by atoms with Crippen molar-refractivity contribution < 1.29 is 50.4 Å². The molecule has 0 atom stereocenters. The molecule has 2 heterocycles. The van der Waals surface area contributed by atoms with E-state index in [4.69, 9.17) is 10.2 Å². The highest BCUT2D eigenvalue weighted by atomic mass is 19.1. The van der Waals surface area contributed by atoms with Crippen LogP contribution in [0.3, 0.4) is 0 Å². The number of carboxylic acid groups (broad SMARTS) is 3. The Hall–Kier alpha value is -3.81. The third-order valence-corrected chi connectivity index (χ3v) is 4.63.